The fourth-order valence-electron chi connectivity index (χ4n) is 0.628. The van der Waals surface area contributed by atoms with Crippen LogP contribution in [0.4, 0.5) is 5.13 Å². The molecule has 0 amide bonds. The molecule has 4 heteroatoms. The highest BCUT2D eigenvalue weighted by Crippen LogP contribution is 2.22. The molecule has 0 saturated heterocycles. The van der Waals surface area contributed by atoms with Crippen molar-refractivity contribution in [3.8, 4) is 0 Å². The maximum absolute atomic E-state index is 4.15. The summed E-state index contributed by atoms with van der Waals surface area (Å²) in [4.78, 5) is 4.15. The molecule has 0 aromatic carbocycles. The summed E-state index contributed by atoms with van der Waals surface area (Å²) in [7, 11) is 0. The van der Waals surface area contributed by atoms with Crippen molar-refractivity contribution in [1.29, 1.82) is 0 Å². The van der Waals surface area contributed by atoms with E-state index in [4.69, 9.17) is 0 Å². The monoisotopic (exact) mass is 234 g/mol. The Bertz CT molecular complexity index is 222. The lowest BCUT2D eigenvalue weighted by molar-refractivity contribution is 0.688. The smallest absolute Gasteiger partial charge is 0.183 e. The second-order valence-electron chi connectivity index (χ2n) is 2.74. The molecule has 1 aromatic heterocycles. The van der Waals surface area contributed by atoms with Crippen molar-refractivity contribution in [3.05, 3.63) is 9.98 Å². The normalized spacial score (nSPS) is 10.5. The molecule has 0 saturated carbocycles. The molecule has 0 unspecified atom stereocenters. The predicted molar refractivity (Wildman–Crippen MR) is 53.1 cm³/mol. The van der Waals surface area contributed by atoms with Crippen molar-refractivity contribution in [1.82, 2.24) is 4.98 Å². The van der Waals surface area contributed by atoms with Gasteiger partial charge in [0.05, 0.1) is 9.98 Å². The Labute approximate surface area is 79.2 Å². The first-order valence-electron chi connectivity index (χ1n) is 3.53. The number of hydrogen-bond donors (Lipinski definition) is 1. The minimum Gasteiger partial charge on any atom is -0.361 e. The Morgan fingerprint density at radius 2 is 2.45 bits per heavy atom. The van der Waals surface area contributed by atoms with Crippen LogP contribution in [-0.2, 0) is 0 Å². The van der Waals surface area contributed by atoms with E-state index in [1.54, 1.807) is 11.3 Å². The SMILES string of the molecule is CC(C)CNc1ncc(Br)s1. The Kier molecular flexibility index (Phi) is 3.33. The third-order valence-electron chi connectivity index (χ3n) is 1.14. The van der Waals surface area contributed by atoms with Crippen molar-refractivity contribution in [2.45, 2.75) is 13.8 Å². The fourth-order valence-corrected chi connectivity index (χ4v) is 1.74. The maximum Gasteiger partial charge on any atom is 0.183 e. The minimum atomic E-state index is 0.665. The van der Waals surface area contributed by atoms with Crippen LogP contribution in [0.15, 0.2) is 9.98 Å². The standard InChI is InChI=1S/C7H11BrN2S/c1-5(2)3-9-7-10-4-6(8)11-7/h4-5H,3H2,1-2H3,(H,9,10). The van der Waals surface area contributed by atoms with Gasteiger partial charge in [0, 0.05) is 6.54 Å². The Balaban J connectivity index is 2.39. The Morgan fingerprint density at radius 3 is 2.91 bits per heavy atom. The van der Waals surface area contributed by atoms with Crippen LogP contribution in [0.2, 0.25) is 0 Å². The first-order valence-corrected chi connectivity index (χ1v) is 5.14. The second-order valence-corrected chi connectivity index (χ2v) is 5.15. The molecule has 0 fully saturated rings. The van der Waals surface area contributed by atoms with Gasteiger partial charge in [-0.15, -0.1) is 0 Å². The van der Waals surface area contributed by atoms with E-state index >= 15 is 0 Å². The first-order chi connectivity index (χ1) is 5.18. The molecule has 0 aliphatic carbocycles. The number of nitrogens with zero attached hydrogens (tertiary/aromatic N) is 1. The molecule has 11 heavy (non-hydrogen) atoms. The molecule has 0 aliphatic rings. The summed E-state index contributed by atoms with van der Waals surface area (Å²) in [6.45, 7) is 5.34. The molecule has 0 radical (unpaired) electrons. The van der Waals surface area contributed by atoms with E-state index in [0.29, 0.717) is 5.92 Å². The minimum absolute atomic E-state index is 0.665. The van der Waals surface area contributed by atoms with Gasteiger partial charge in [-0.3, -0.25) is 0 Å². The van der Waals surface area contributed by atoms with Gasteiger partial charge in [-0.25, -0.2) is 4.98 Å². The van der Waals surface area contributed by atoms with Crippen LogP contribution >= 0.6 is 27.3 Å². The maximum atomic E-state index is 4.15. The number of halogens is 1. The van der Waals surface area contributed by atoms with E-state index in [1.807, 2.05) is 6.20 Å². The molecule has 0 atom stereocenters. The molecule has 1 N–H and O–H groups in total. The molecular formula is C7H11BrN2S. The lowest BCUT2D eigenvalue weighted by Gasteiger charge is -2.03. The Hall–Kier alpha value is -0.0900. The molecule has 0 bridgehead atoms. The van der Waals surface area contributed by atoms with E-state index in [9.17, 15) is 0 Å². The van der Waals surface area contributed by atoms with Gasteiger partial charge in [-0.05, 0) is 21.8 Å². The zero-order valence-corrected chi connectivity index (χ0v) is 9.00. The lowest BCUT2D eigenvalue weighted by atomic mass is 10.2. The lowest BCUT2D eigenvalue weighted by Crippen LogP contribution is -2.07. The van der Waals surface area contributed by atoms with E-state index in [0.717, 1.165) is 15.5 Å². The summed E-state index contributed by atoms with van der Waals surface area (Å²) >= 11 is 4.98. The number of hydrogen-bond acceptors (Lipinski definition) is 3. The second kappa shape index (κ2) is 4.07. The fraction of sp³-hybridized carbons (Fsp3) is 0.571. The van der Waals surface area contributed by atoms with Crippen LogP contribution < -0.4 is 5.32 Å². The molecular weight excluding hydrogens is 224 g/mol. The predicted octanol–water partition coefficient (Wildman–Crippen LogP) is 2.97. The van der Waals surface area contributed by atoms with Crippen molar-refractivity contribution in [3.63, 3.8) is 0 Å². The van der Waals surface area contributed by atoms with Gasteiger partial charge < -0.3 is 5.32 Å². The summed E-state index contributed by atoms with van der Waals surface area (Å²) in [6, 6.07) is 0. The van der Waals surface area contributed by atoms with Crippen LogP contribution in [0.3, 0.4) is 0 Å². The van der Waals surface area contributed by atoms with Gasteiger partial charge >= 0.3 is 0 Å². The molecule has 1 aromatic rings. The third kappa shape index (κ3) is 3.20. The number of aromatic nitrogens is 1. The summed E-state index contributed by atoms with van der Waals surface area (Å²) in [5.41, 5.74) is 0. The number of thiazole rings is 1. The van der Waals surface area contributed by atoms with E-state index in [-0.39, 0.29) is 0 Å². The first kappa shape index (κ1) is 9.00. The Morgan fingerprint density at radius 1 is 1.73 bits per heavy atom. The summed E-state index contributed by atoms with van der Waals surface area (Å²) < 4.78 is 1.07. The topological polar surface area (TPSA) is 24.9 Å². The molecule has 0 spiro atoms. The molecule has 1 heterocycles. The largest absolute Gasteiger partial charge is 0.361 e. The van der Waals surface area contributed by atoms with Gasteiger partial charge in [0.15, 0.2) is 5.13 Å². The summed E-state index contributed by atoms with van der Waals surface area (Å²) in [5, 5.41) is 4.23. The van der Waals surface area contributed by atoms with Crippen LogP contribution in [-0.4, -0.2) is 11.5 Å². The molecule has 62 valence electrons. The van der Waals surface area contributed by atoms with Gasteiger partial charge in [0.25, 0.3) is 0 Å². The van der Waals surface area contributed by atoms with Gasteiger partial charge in [0.1, 0.15) is 0 Å². The van der Waals surface area contributed by atoms with Crippen LogP contribution in [0.5, 0.6) is 0 Å². The molecule has 1 rings (SSSR count). The average Bonchev–Trinajstić information content (AvgIpc) is 2.31. The highest BCUT2D eigenvalue weighted by Gasteiger charge is 1.98. The van der Waals surface area contributed by atoms with Crippen molar-refractivity contribution in [2.24, 2.45) is 5.92 Å². The van der Waals surface area contributed by atoms with Gasteiger partial charge in [-0.1, -0.05) is 25.2 Å². The van der Waals surface area contributed by atoms with E-state index < -0.39 is 0 Å². The van der Waals surface area contributed by atoms with Gasteiger partial charge in [0.2, 0.25) is 0 Å². The highest BCUT2D eigenvalue weighted by molar-refractivity contribution is 9.11. The molecule has 0 aliphatic heterocycles. The number of anilines is 1. The summed E-state index contributed by atoms with van der Waals surface area (Å²) in [5.74, 6) is 0.665. The van der Waals surface area contributed by atoms with Gasteiger partial charge in [-0.2, -0.15) is 0 Å². The van der Waals surface area contributed by atoms with Crippen LogP contribution in [0.1, 0.15) is 13.8 Å². The van der Waals surface area contributed by atoms with E-state index in [2.05, 4.69) is 40.1 Å². The zero-order chi connectivity index (χ0) is 8.27. The number of nitrogens with one attached hydrogen (secondary N) is 1. The zero-order valence-electron chi connectivity index (χ0n) is 6.60. The highest BCUT2D eigenvalue weighted by atomic mass is 79.9. The average molecular weight is 235 g/mol. The molecule has 2 nitrogen and oxygen atoms in total. The quantitative estimate of drug-likeness (QED) is 0.871. The number of rotatable bonds is 3. The van der Waals surface area contributed by atoms with Crippen molar-refractivity contribution < 1.29 is 0 Å². The van der Waals surface area contributed by atoms with Crippen molar-refractivity contribution >= 4 is 32.4 Å². The van der Waals surface area contributed by atoms with E-state index in [1.165, 1.54) is 0 Å². The third-order valence-corrected chi connectivity index (χ3v) is 2.57. The van der Waals surface area contributed by atoms with Crippen molar-refractivity contribution in [2.75, 3.05) is 11.9 Å². The van der Waals surface area contributed by atoms with Crippen LogP contribution in [0, 0.1) is 5.92 Å². The van der Waals surface area contributed by atoms with Crippen LogP contribution in [0.25, 0.3) is 0 Å². The summed E-state index contributed by atoms with van der Waals surface area (Å²) in [6.07, 6.45) is 1.81.